The Labute approximate surface area is 115 Å². The summed E-state index contributed by atoms with van der Waals surface area (Å²) >= 11 is 0. The van der Waals surface area contributed by atoms with Crippen LogP contribution in [0.2, 0.25) is 0 Å². The van der Waals surface area contributed by atoms with E-state index >= 15 is 0 Å². The van der Waals surface area contributed by atoms with Crippen LogP contribution in [0.4, 0.5) is 4.79 Å². The van der Waals surface area contributed by atoms with Crippen LogP contribution in [0.3, 0.4) is 0 Å². The van der Waals surface area contributed by atoms with Gasteiger partial charge in [-0.05, 0) is 43.4 Å². The van der Waals surface area contributed by atoms with Crippen molar-refractivity contribution in [2.45, 2.75) is 57.9 Å². The average molecular weight is 263 g/mol. The Balaban J connectivity index is 1.85. The minimum atomic E-state index is -0.243. The van der Waals surface area contributed by atoms with E-state index in [9.17, 15) is 4.79 Å². The normalized spacial score (nSPS) is 35.3. The van der Waals surface area contributed by atoms with Crippen LogP contribution < -0.4 is 5.73 Å². The van der Waals surface area contributed by atoms with Crippen molar-refractivity contribution < 1.29 is 4.79 Å². The van der Waals surface area contributed by atoms with Crippen LogP contribution in [0.5, 0.6) is 0 Å². The molecule has 4 heteroatoms. The van der Waals surface area contributed by atoms with E-state index in [1.165, 1.54) is 19.3 Å². The van der Waals surface area contributed by atoms with Gasteiger partial charge in [0.1, 0.15) is 11.4 Å². The van der Waals surface area contributed by atoms with E-state index < -0.39 is 0 Å². The van der Waals surface area contributed by atoms with E-state index in [1.807, 2.05) is 4.90 Å². The molecule has 3 aliphatic rings. The molecule has 19 heavy (non-hydrogen) atoms. The molecule has 2 atom stereocenters. The molecule has 2 amide bonds. The zero-order valence-electron chi connectivity index (χ0n) is 12.1. The smallest absolute Gasteiger partial charge is 0.346 e. The molecule has 2 aliphatic carbocycles. The van der Waals surface area contributed by atoms with Crippen LogP contribution in [-0.4, -0.2) is 28.9 Å². The van der Waals surface area contributed by atoms with Crippen molar-refractivity contribution >= 4 is 11.9 Å². The molecule has 1 heterocycles. The van der Waals surface area contributed by atoms with E-state index in [2.05, 4.69) is 18.8 Å². The molecule has 0 aromatic rings. The van der Waals surface area contributed by atoms with E-state index in [-0.39, 0.29) is 11.6 Å². The molecule has 106 valence electrons. The number of hydrogen-bond donors (Lipinski definition) is 1. The monoisotopic (exact) mass is 263 g/mol. The lowest BCUT2D eigenvalue weighted by Crippen LogP contribution is -2.57. The number of carbonyl (C=O) groups is 1. The number of aliphatic imine (C=N–C) groups is 1. The van der Waals surface area contributed by atoms with Gasteiger partial charge in [-0.3, -0.25) is 0 Å². The quantitative estimate of drug-likeness (QED) is 0.851. The van der Waals surface area contributed by atoms with Crippen molar-refractivity contribution in [3.63, 3.8) is 0 Å². The predicted octanol–water partition coefficient (Wildman–Crippen LogP) is 2.77. The summed E-state index contributed by atoms with van der Waals surface area (Å²) in [6, 6.07) is -0.0891. The van der Waals surface area contributed by atoms with Gasteiger partial charge in [0.2, 0.25) is 0 Å². The van der Waals surface area contributed by atoms with Crippen molar-refractivity contribution in [1.29, 1.82) is 0 Å². The number of urea groups is 1. The maximum absolute atomic E-state index is 12.2. The highest BCUT2D eigenvalue weighted by atomic mass is 16.2. The van der Waals surface area contributed by atoms with Crippen molar-refractivity contribution in [3.8, 4) is 0 Å². The van der Waals surface area contributed by atoms with Gasteiger partial charge in [-0.15, -0.1) is 0 Å². The molecular formula is C15H25N3O. The third kappa shape index (κ3) is 2.15. The van der Waals surface area contributed by atoms with Gasteiger partial charge >= 0.3 is 6.03 Å². The lowest BCUT2D eigenvalue weighted by molar-refractivity contribution is 0.102. The van der Waals surface area contributed by atoms with Crippen LogP contribution in [0.1, 0.15) is 52.4 Å². The maximum atomic E-state index is 12.2. The first-order chi connectivity index (χ1) is 9.03. The predicted molar refractivity (Wildman–Crippen MR) is 76.0 cm³/mol. The highest BCUT2D eigenvalue weighted by Crippen LogP contribution is 2.44. The Morgan fingerprint density at radius 3 is 2.79 bits per heavy atom. The summed E-state index contributed by atoms with van der Waals surface area (Å²) in [5.74, 6) is 2.60. The fourth-order valence-electron chi connectivity index (χ4n) is 3.74. The Bertz CT molecular complexity index is 414. The molecule has 2 saturated carbocycles. The average Bonchev–Trinajstić information content (AvgIpc) is 3.16. The van der Waals surface area contributed by atoms with Crippen molar-refractivity contribution in [2.24, 2.45) is 28.5 Å². The summed E-state index contributed by atoms with van der Waals surface area (Å²) in [5, 5.41) is 0. The second-order valence-corrected chi connectivity index (χ2v) is 6.97. The number of hydrogen-bond acceptors (Lipinski definition) is 2. The van der Waals surface area contributed by atoms with Crippen LogP contribution in [-0.2, 0) is 0 Å². The molecule has 4 nitrogen and oxygen atoms in total. The minimum absolute atomic E-state index is 0.0891. The molecule has 2 fully saturated rings. The van der Waals surface area contributed by atoms with E-state index in [0.29, 0.717) is 23.6 Å². The van der Waals surface area contributed by atoms with Gasteiger partial charge < -0.3 is 10.6 Å². The fraction of sp³-hybridized carbons (Fsp3) is 0.867. The zero-order chi connectivity index (χ0) is 13.6. The fourth-order valence-corrected chi connectivity index (χ4v) is 3.74. The third-order valence-corrected chi connectivity index (χ3v) is 5.29. The van der Waals surface area contributed by atoms with Crippen LogP contribution in [0.15, 0.2) is 4.99 Å². The SMILES string of the molecule is CC(C)C1CCCC2(C1)C(N)=NC(=O)N2CC1CC1. The first-order valence-electron chi connectivity index (χ1n) is 7.69. The highest BCUT2D eigenvalue weighted by molar-refractivity contribution is 6.05. The topological polar surface area (TPSA) is 58.7 Å². The van der Waals surface area contributed by atoms with Crippen molar-refractivity contribution in [2.75, 3.05) is 6.54 Å². The molecule has 3 rings (SSSR count). The van der Waals surface area contributed by atoms with E-state index in [0.717, 1.165) is 25.8 Å². The molecule has 0 aromatic carbocycles. The van der Waals surface area contributed by atoms with Crippen molar-refractivity contribution in [1.82, 2.24) is 4.90 Å². The number of amidine groups is 1. The van der Waals surface area contributed by atoms with Crippen LogP contribution in [0.25, 0.3) is 0 Å². The summed E-state index contributed by atoms with van der Waals surface area (Å²) < 4.78 is 0. The van der Waals surface area contributed by atoms with Gasteiger partial charge in [0, 0.05) is 6.54 Å². The summed E-state index contributed by atoms with van der Waals surface area (Å²) in [6.45, 7) is 5.42. The highest BCUT2D eigenvalue weighted by Gasteiger charge is 2.52. The van der Waals surface area contributed by atoms with Gasteiger partial charge in [-0.25, -0.2) is 4.79 Å². The number of amides is 2. The molecule has 0 radical (unpaired) electrons. The molecule has 0 saturated heterocycles. The summed E-state index contributed by atoms with van der Waals surface area (Å²) in [5.41, 5.74) is 5.93. The standard InChI is InChI=1S/C15H25N3O/c1-10(2)12-4-3-7-15(8-12)13(16)17-14(19)18(15)9-11-5-6-11/h10-12H,3-9H2,1-2H3,(H2,16,17,19). The number of rotatable bonds is 3. The Morgan fingerprint density at radius 2 is 2.16 bits per heavy atom. The third-order valence-electron chi connectivity index (χ3n) is 5.29. The Hall–Kier alpha value is -1.06. The van der Waals surface area contributed by atoms with E-state index in [4.69, 9.17) is 5.73 Å². The Morgan fingerprint density at radius 1 is 1.42 bits per heavy atom. The molecule has 0 aromatic heterocycles. The molecule has 1 aliphatic heterocycles. The lowest BCUT2D eigenvalue weighted by atomic mass is 9.70. The molecule has 0 bridgehead atoms. The van der Waals surface area contributed by atoms with Gasteiger partial charge in [0.05, 0.1) is 0 Å². The van der Waals surface area contributed by atoms with Gasteiger partial charge in [-0.2, -0.15) is 4.99 Å². The minimum Gasteiger partial charge on any atom is -0.385 e. The largest absolute Gasteiger partial charge is 0.385 e. The number of nitrogens with zero attached hydrogens (tertiary/aromatic N) is 2. The summed E-state index contributed by atoms with van der Waals surface area (Å²) in [4.78, 5) is 18.3. The second-order valence-electron chi connectivity index (χ2n) is 6.97. The number of carbonyl (C=O) groups excluding carboxylic acids is 1. The zero-order valence-corrected chi connectivity index (χ0v) is 12.1. The van der Waals surface area contributed by atoms with Gasteiger partial charge in [0.25, 0.3) is 0 Å². The Kier molecular flexibility index (Phi) is 3.06. The van der Waals surface area contributed by atoms with Crippen LogP contribution in [0, 0.1) is 17.8 Å². The van der Waals surface area contributed by atoms with Crippen molar-refractivity contribution in [3.05, 3.63) is 0 Å². The van der Waals surface area contributed by atoms with Gasteiger partial charge in [0.15, 0.2) is 0 Å². The maximum Gasteiger partial charge on any atom is 0.346 e. The molecular weight excluding hydrogens is 238 g/mol. The summed E-state index contributed by atoms with van der Waals surface area (Å²) in [7, 11) is 0. The van der Waals surface area contributed by atoms with Gasteiger partial charge in [-0.1, -0.05) is 26.7 Å². The first-order valence-corrected chi connectivity index (χ1v) is 7.69. The lowest BCUT2D eigenvalue weighted by Gasteiger charge is -2.45. The molecule has 2 N–H and O–H groups in total. The molecule has 1 spiro atoms. The summed E-state index contributed by atoms with van der Waals surface area (Å²) in [6.07, 6.45) is 6.95. The number of nitrogens with two attached hydrogens (primary N) is 1. The van der Waals surface area contributed by atoms with E-state index in [1.54, 1.807) is 0 Å². The van der Waals surface area contributed by atoms with Crippen LogP contribution >= 0.6 is 0 Å². The first kappa shape index (κ1) is 12.9. The molecule has 2 unspecified atom stereocenters. The second kappa shape index (κ2) is 4.50.